The van der Waals surface area contributed by atoms with Gasteiger partial charge in [0.25, 0.3) is 0 Å². The maximum atomic E-state index is 7.56. The lowest BCUT2D eigenvalue weighted by Crippen LogP contribution is -2.22. The molecule has 0 aromatic heterocycles. The number of nitrogens with zero attached hydrogens (tertiary/aromatic N) is 1. The standard InChI is InChI=1S/C14H24N2/c15-11-14(12-7-3-1-4-8-12)16-13-9-5-2-6-10-13/h11-13,15H,1-10H2. The Morgan fingerprint density at radius 1 is 0.875 bits per heavy atom. The van der Waals surface area contributed by atoms with Gasteiger partial charge >= 0.3 is 0 Å². The normalized spacial score (nSPS) is 25.6. The fourth-order valence-electron chi connectivity index (χ4n) is 3.08. The number of rotatable bonds is 3. The fourth-order valence-corrected chi connectivity index (χ4v) is 3.08. The summed E-state index contributed by atoms with van der Waals surface area (Å²) < 4.78 is 0. The van der Waals surface area contributed by atoms with Gasteiger partial charge in [0, 0.05) is 12.1 Å². The molecule has 1 N–H and O–H groups in total. The first-order chi connectivity index (χ1) is 7.90. The summed E-state index contributed by atoms with van der Waals surface area (Å²) in [5, 5.41) is 7.56. The molecule has 2 nitrogen and oxygen atoms in total. The van der Waals surface area contributed by atoms with Crippen LogP contribution in [0.25, 0.3) is 0 Å². The molecule has 0 unspecified atom stereocenters. The Hall–Kier alpha value is -0.660. The number of aliphatic imine (C=N–C) groups is 1. The number of hydrogen-bond donors (Lipinski definition) is 1. The van der Waals surface area contributed by atoms with Crippen molar-refractivity contribution in [2.24, 2.45) is 10.9 Å². The van der Waals surface area contributed by atoms with Gasteiger partial charge in [-0.25, -0.2) is 0 Å². The molecular formula is C14H24N2. The van der Waals surface area contributed by atoms with Crippen LogP contribution in [0.1, 0.15) is 64.2 Å². The van der Waals surface area contributed by atoms with E-state index < -0.39 is 0 Å². The van der Waals surface area contributed by atoms with Crippen LogP contribution in [0.15, 0.2) is 4.99 Å². The van der Waals surface area contributed by atoms with Crippen molar-refractivity contribution >= 4 is 11.9 Å². The zero-order valence-electron chi connectivity index (χ0n) is 10.3. The summed E-state index contributed by atoms with van der Waals surface area (Å²) >= 11 is 0. The maximum absolute atomic E-state index is 7.56. The molecule has 0 aliphatic heterocycles. The Balaban J connectivity index is 1.96. The van der Waals surface area contributed by atoms with Crippen LogP contribution in [0.3, 0.4) is 0 Å². The summed E-state index contributed by atoms with van der Waals surface area (Å²) in [4.78, 5) is 4.85. The van der Waals surface area contributed by atoms with Crippen LogP contribution in [-0.2, 0) is 0 Å². The average Bonchev–Trinajstić information content (AvgIpc) is 2.38. The summed E-state index contributed by atoms with van der Waals surface area (Å²) in [6.07, 6.45) is 14.7. The van der Waals surface area contributed by atoms with Gasteiger partial charge in [-0.05, 0) is 25.7 Å². The zero-order valence-corrected chi connectivity index (χ0v) is 10.3. The van der Waals surface area contributed by atoms with Crippen LogP contribution in [0.5, 0.6) is 0 Å². The van der Waals surface area contributed by atoms with Crippen LogP contribution in [0.2, 0.25) is 0 Å². The van der Waals surface area contributed by atoms with Gasteiger partial charge in [-0.15, -0.1) is 0 Å². The summed E-state index contributed by atoms with van der Waals surface area (Å²) in [7, 11) is 0. The minimum atomic E-state index is 0.535. The van der Waals surface area contributed by atoms with E-state index in [2.05, 4.69) is 0 Å². The molecule has 0 heterocycles. The molecule has 2 aliphatic rings. The average molecular weight is 220 g/mol. The van der Waals surface area contributed by atoms with E-state index >= 15 is 0 Å². The van der Waals surface area contributed by atoms with Gasteiger partial charge < -0.3 is 5.41 Å². The van der Waals surface area contributed by atoms with Crippen LogP contribution >= 0.6 is 0 Å². The molecule has 0 atom stereocenters. The third-order valence-electron chi connectivity index (χ3n) is 4.08. The van der Waals surface area contributed by atoms with Crippen molar-refractivity contribution in [3.63, 3.8) is 0 Å². The molecule has 0 radical (unpaired) electrons. The third kappa shape index (κ3) is 3.16. The van der Waals surface area contributed by atoms with Crippen molar-refractivity contribution in [1.29, 1.82) is 5.41 Å². The number of nitrogens with one attached hydrogen (secondary N) is 1. The van der Waals surface area contributed by atoms with Crippen molar-refractivity contribution in [3.8, 4) is 0 Å². The van der Waals surface area contributed by atoms with Gasteiger partial charge in [-0.1, -0.05) is 38.5 Å². The van der Waals surface area contributed by atoms with Gasteiger partial charge in [0.05, 0.1) is 11.8 Å². The SMILES string of the molecule is N=CC(=NC1CCCCC1)C1CCCCC1. The molecule has 0 spiro atoms. The molecule has 0 saturated heterocycles. The van der Waals surface area contributed by atoms with Crippen molar-refractivity contribution in [2.45, 2.75) is 70.3 Å². The highest BCUT2D eigenvalue weighted by Crippen LogP contribution is 2.26. The van der Waals surface area contributed by atoms with Crippen molar-refractivity contribution in [2.75, 3.05) is 0 Å². The molecule has 2 saturated carbocycles. The zero-order chi connectivity index (χ0) is 11.2. The summed E-state index contributed by atoms with van der Waals surface area (Å²) in [5.74, 6) is 0.605. The summed E-state index contributed by atoms with van der Waals surface area (Å²) in [5.41, 5.74) is 1.10. The van der Waals surface area contributed by atoms with Crippen molar-refractivity contribution < 1.29 is 0 Å². The van der Waals surface area contributed by atoms with E-state index in [1.165, 1.54) is 70.4 Å². The topological polar surface area (TPSA) is 36.2 Å². The Morgan fingerprint density at radius 2 is 1.44 bits per heavy atom. The monoisotopic (exact) mass is 220 g/mol. The van der Waals surface area contributed by atoms with Gasteiger partial charge in [0.1, 0.15) is 0 Å². The van der Waals surface area contributed by atoms with E-state index in [9.17, 15) is 0 Å². The largest absolute Gasteiger partial charge is 0.307 e. The predicted molar refractivity (Wildman–Crippen MR) is 69.7 cm³/mol. The molecule has 2 aliphatic carbocycles. The molecule has 0 amide bonds. The van der Waals surface area contributed by atoms with E-state index in [-0.39, 0.29) is 0 Å². The lowest BCUT2D eigenvalue weighted by molar-refractivity contribution is 0.424. The lowest BCUT2D eigenvalue weighted by atomic mass is 9.85. The highest BCUT2D eigenvalue weighted by atomic mass is 14.8. The minimum absolute atomic E-state index is 0.535. The van der Waals surface area contributed by atoms with Gasteiger partial charge in [0.2, 0.25) is 0 Å². The van der Waals surface area contributed by atoms with Gasteiger partial charge in [-0.2, -0.15) is 0 Å². The van der Waals surface area contributed by atoms with E-state index in [0.717, 1.165) is 5.71 Å². The van der Waals surface area contributed by atoms with Crippen molar-refractivity contribution in [1.82, 2.24) is 0 Å². The summed E-state index contributed by atoms with van der Waals surface area (Å²) in [6.45, 7) is 0. The Bertz CT molecular complexity index is 245. The first kappa shape index (κ1) is 11.8. The van der Waals surface area contributed by atoms with Crippen LogP contribution in [-0.4, -0.2) is 18.0 Å². The van der Waals surface area contributed by atoms with E-state index in [1.807, 2.05) is 0 Å². The molecule has 2 fully saturated rings. The second-order valence-corrected chi connectivity index (χ2v) is 5.33. The van der Waals surface area contributed by atoms with Crippen molar-refractivity contribution in [3.05, 3.63) is 0 Å². The molecule has 90 valence electrons. The lowest BCUT2D eigenvalue weighted by Gasteiger charge is -2.24. The molecule has 2 rings (SSSR count). The molecule has 0 aromatic carbocycles. The maximum Gasteiger partial charge on any atom is 0.0557 e. The first-order valence-corrected chi connectivity index (χ1v) is 6.98. The highest BCUT2D eigenvalue weighted by Gasteiger charge is 2.20. The fraction of sp³-hybridized carbons (Fsp3) is 0.857. The quantitative estimate of drug-likeness (QED) is 0.698. The molecule has 0 bridgehead atoms. The van der Waals surface area contributed by atoms with Gasteiger partial charge in [0.15, 0.2) is 0 Å². The van der Waals surface area contributed by atoms with Crippen LogP contribution in [0, 0.1) is 11.3 Å². The first-order valence-electron chi connectivity index (χ1n) is 6.98. The van der Waals surface area contributed by atoms with E-state index in [4.69, 9.17) is 10.4 Å². The predicted octanol–water partition coefficient (Wildman–Crippen LogP) is 3.99. The molecule has 2 heteroatoms. The third-order valence-corrected chi connectivity index (χ3v) is 4.08. The van der Waals surface area contributed by atoms with E-state index in [1.54, 1.807) is 0 Å². The van der Waals surface area contributed by atoms with Crippen LogP contribution in [0.4, 0.5) is 0 Å². The molecular weight excluding hydrogens is 196 g/mol. The summed E-state index contributed by atoms with van der Waals surface area (Å²) in [6, 6.07) is 0.535. The number of hydrogen-bond acceptors (Lipinski definition) is 2. The molecule has 0 aromatic rings. The Morgan fingerprint density at radius 3 is 2.00 bits per heavy atom. The second kappa shape index (κ2) is 6.17. The Labute approximate surface area is 99.1 Å². The minimum Gasteiger partial charge on any atom is -0.307 e. The van der Waals surface area contributed by atoms with E-state index in [0.29, 0.717) is 12.0 Å². The smallest absolute Gasteiger partial charge is 0.0557 e. The molecule has 16 heavy (non-hydrogen) atoms. The second-order valence-electron chi connectivity index (χ2n) is 5.33. The Kier molecular flexibility index (Phi) is 4.55. The highest BCUT2D eigenvalue weighted by molar-refractivity contribution is 6.30. The van der Waals surface area contributed by atoms with Gasteiger partial charge in [-0.3, -0.25) is 4.99 Å². The van der Waals surface area contributed by atoms with Crippen LogP contribution < -0.4 is 0 Å².